The number of benzene rings is 1. The fraction of sp³-hybridized carbons (Fsp3) is 0.625. The molecule has 12 N–H and O–H groups in total. The summed E-state index contributed by atoms with van der Waals surface area (Å²) in [5.41, 5.74) is 23.6. The third-order valence-corrected chi connectivity index (χ3v) is 8.58. The second-order valence-electron chi connectivity index (χ2n) is 12.1. The topological polar surface area (TPSA) is 253 Å². The largest absolute Gasteiger partial charge is 0.481 e. The van der Waals surface area contributed by atoms with E-state index in [-0.39, 0.29) is 41.4 Å². The summed E-state index contributed by atoms with van der Waals surface area (Å²) in [4.78, 5) is 52.8. The van der Waals surface area contributed by atoms with E-state index in [2.05, 4.69) is 15.6 Å². The second-order valence-corrected chi connectivity index (χ2v) is 12.1. The third kappa shape index (κ3) is 13.6. The highest BCUT2D eigenvalue weighted by atomic mass is 16.4. The molecule has 0 aliphatic heterocycles. The average Bonchev–Trinajstić information content (AvgIpc) is 3.00. The van der Waals surface area contributed by atoms with E-state index in [9.17, 15) is 14.4 Å². The van der Waals surface area contributed by atoms with Gasteiger partial charge < -0.3 is 38.7 Å². The van der Waals surface area contributed by atoms with Crippen molar-refractivity contribution in [3.8, 4) is 0 Å². The molecule has 3 atom stereocenters. The van der Waals surface area contributed by atoms with Crippen LogP contribution in [-0.4, -0.2) is 59.2 Å². The molecule has 0 radical (unpaired) electrons. The van der Waals surface area contributed by atoms with Crippen molar-refractivity contribution in [2.24, 2.45) is 45.7 Å². The van der Waals surface area contributed by atoms with E-state index in [1.165, 1.54) is 6.42 Å². The minimum Gasteiger partial charge on any atom is -0.481 e. The van der Waals surface area contributed by atoms with Gasteiger partial charge in [0.05, 0.1) is 0 Å². The normalized spacial score (nSPS) is 17.4. The summed E-state index contributed by atoms with van der Waals surface area (Å²) in [6.45, 7) is 1.40. The molecule has 1 aromatic carbocycles. The molecular formula is C32H52N8O5. The number of aliphatic carboxylic acids is 1. The van der Waals surface area contributed by atoms with E-state index in [1.54, 1.807) is 0 Å². The van der Waals surface area contributed by atoms with Crippen LogP contribution in [0.1, 0.15) is 95.1 Å². The van der Waals surface area contributed by atoms with Crippen molar-refractivity contribution in [1.82, 2.24) is 10.6 Å². The van der Waals surface area contributed by atoms with Crippen LogP contribution >= 0.6 is 0 Å². The van der Waals surface area contributed by atoms with E-state index in [0.29, 0.717) is 31.4 Å². The number of hydrogen-bond acceptors (Lipinski definition) is 6. The van der Waals surface area contributed by atoms with Crippen LogP contribution in [0.2, 0.25) is 0 Å². The van der Waals surface area contributed by atoms with E-state index < -0.39 is 24.0 Å². The molecule has 13 nitrogen and oxygen atoms in total. The molecule has 3 amide bonds. The zero-order chi connectivity index (χ0) is 33.4. The summed E-state index contributed by atoms with van der Waals surface area (Å²) >= 11 is 0. The average molecular weight is 629 g/mol. The smallest absolute Gasteiger partial charge is 0.300 e. The third-order valence-electron chi connectivity index (χ3n) is 8.58. The fourth-order valence-corrected chi connectivity index (χ4v) is 6.26. The minimum absolute atomic E-state index is 0.00460. The van der Waals surface area contributed by atoms with Gasteiger partial charge in [-0.15, -0.1) is 0 Å². The van der Waals surface area contributed by atoms with Gasteiger partial charge in [-0.2, -0.15) is 0 Å². The van der Waals surface area contributed by atoms with Gasteiger partial charge in [0.1, 0.15) is 17.9 Å². The molecule has 13 heteroatoms. The molecule has 1 aromatic rings. The van der Waals surface area contributed by atoms with Crippen LogP contribution in [0.25, 0.3) is 0 Å². The van der Waals surface area contributed by atoms with Crippen molar-refractivity contribution < 1.29 is 24.3 Å². The first-order valence-electron chi connectivity index (χ1n) is 16.0. The standard InChI is InChI=1S/C30H48N8O3.C2H4O2/c31-26(32)22-15-13-19(14-16-22)18-23(20-8-3-1-4-9-20)28(40)38-25(21-10-5-2-6-11-21)29(41)37-24(27(33)39)12-7-17-36-30(34)35;1-2(3)4/h13-16,20-21,23-25H,1-12,17-18H2,(H3,31,32)(H2,33,39)(H,37,41)(H,38,40)(H4,34,35,36);1H3,(H,3,4)/t23?,24-,25?;/m0./s1. The maximum absolute atomic E-state index is 14.0. The summed E-state index contributed by atoms with van der Waals surface area (Å²) in [5.74, 6) is -2.07. The van der Waals surface area contributed by atoms with Gasteiger partial charge in [-0.25, -0.2) is 0 Å². The van der Waals surface area contributed by atoms with Gasteiger partial charge >= 0.3 is 0 Å². The predicted octanol–water partition coefficient (Wildman–Crippen LogP) is 1.89. The molecule has 0 heterocycles. The number of nitrogens with one attached hydrogen (secondary N) is 3. The maximum atomic E-state index is 14.0. The Bertz CT molecular complexity index is 1150. The highest BCUT2D eigenvalue weighted by molar-refractivity contribution is 5.95. The second kappa shape index (κ2) is 19.3. The van der Waals surface area contributed by atoms with Crippen LogP contribution < -0.4 is 33.6 Å². The molecule has 2 aliphatic carbocycles. The lowest BCUT2D eigenvalue weighted by molar-refractivity contribution is -0.135. The molecule has 3 rings (SSSR count). The molecular weight excluding hydrogens is 576 g/mol. The summed E-state index contributed by atoms with van der Waals surface area (Å²) in [6, 6.07) is 5.84. The van der Waals surface area contributed by atoms with Gasteiger partial charge in [0, 0.05) is 24.9 Å². The Morgan fingerprint density at radius 3 is 1.89 bits per heavy atom. The number of nitrogens with two attached hydrogens (primary N) is 4. The summed E-state index contributed by atoms with van der Waals surface area (Å²) in [6.07, 6.45) is 11.4. The summed E-state index contributed by atoms with van der Waals surface area (Å²) in [5, 5.41) is 21.0. The number of nitrogens with zero attached hydrogens (tertiary/aromatic N) is 1. The molecule has 2 fully saturated rings. The highest BCUT2D eigenvalue weighted by Gasteiger charge is 2.36. The number of rotatable bonds is 14. The number of nitrogen functional groups attached to an aromatic ring is 1. The van der Waals surface area contributed by atoms with E-state index in [4.69, 9.17) is 38.2 Å². The Morgan fingerprint density at radius 1 is 0.867 bits per heavy atom. The number of carbonyl (C=O) groups is 4. The summed E-state index contributed by atoms with van der Waals surface area (Å²) < 4.78 is 0. The lowest BCUT2D eigenvalue weighted by atomic mass is 9.76. The molecule has 2 saturated carbocycles. The highest BCUT2D eigenvalue weighted by Crippen LogP contribution is 2.33. The van der Waals surface area contributed by atoms with Gasteiger partial charge in [0.25, 0.3) is 5.97 Å². The van der Waals surface area contributed by atoms with Crippen molar-refractivity contribution in [1.29, 1.82) is 5.41 Å². The van der Waals surface area contributed by atoms with Crippen molar-refractivity contribution in [3.05, 3.63) is 35.4 Å². The number of aliphatic imine (C=N–C) groups is 1. The van der Waals surface area contributed by atoms with Crippen molar-refractivity contribution in [2.45, 2.75) is 102 Å². The molecule has 2 aliphatic rings. The number of hydrogen-bond donors (Lipinski definition) is 8. The lowest BCUT2D eigenvalue weighted by Gasteiger charge is -2.34. The van der Waals surface area contributed by atoms with Gasteiger partial charge in [-0.3, -0.25) is 29.6 Å². The Hall–Kier alpha value is -4.16. The van der Waals surface area contributed by atoms with Gasteiger partial charge in [0.15, 0.2) is 5.96 Å². The van der Waals surface area contributed by atoms with Gasteiger partial charge in [-0.1, -0.05) is 62.8 Å². The molecule has 0 bridgehead atoms. The Kier molecular flexibility index (Phi) is 15.9. The number of amides is 3. The first kappa shape index (κ1) is 37.0. The zero-order valence-electron chi connectivity index (χ0n) is 26.4. The van der Waals surface area contributed by atoms with Gasteiger partial charge in [-0.05, 0) is 62.3 Å². The number of carbonyl (C=O) groups excluding carboxylic acids is 3. The number of carboxylic acid groups (broad SMARTS) is 1. The minimum atomic E-state index is -0.881. The Labute approximate surface area is 265 Å². The van der Waals surface area contributed by atoms with Crippen LogP contribution in [0.15, 0.2) is 29.3 Å². The summed E-state index contributed by atoms with van der Waals surface area (Å²) in [7, 11) is 0. The monoisotopic (exact) mass is 628 g/mol. The Morgan fingerprint density at radius 2 is 1.40 bits per heavy atom. The van der Waals surface area contributed by atoms with Crippen LogP contribution in [0.3, 0.4) is 0 Å². The van der Waals surface area contributed by atoms with Gasteiger partial charge in [0.2, 0.25) is 17.7 Å². The first-order valence-corrected chi connectivity index (χ1v) is 16.0. The fourth-order valence-electron chi connectivity index (χ4n) is 6.26. The number of amidine groups is 1. The van der Waals surface area contributed by atoms with Crippen molar-refractivity contribution in [3.63, 3.8) is 0 Å². The quantitative estimate of drug-likeness (QED) is 0.0855. The number of primary amides is 1. The Balaban J connectivity index is 0.00000166. The van der Waals surface area contributed by atoms with E-state index >= 15 is 0 Å². The molecule has 0 saturated heterocycles. The van der Waals surface area contributed by atoms with E-state index in [1.807, 2.05) is 24.3 Å². The maximum Gasteiger partial charge on any atom is 0.300 e. The van der Waals surface area contributed by atoms with Crippen LogP contribution in [-0.2, 0) is 25.6 Å². The molecule has 250 valence electrons. The molecule has 0 aromatic heterocycles. The predicted molar refractivity (Wildman–Crippen MR) is 174 cm³/mol. The first-order chi connectivity index (χ1) is 21.4. The van der Waals surface area contributed by atoms with Crippen LogP contribution in [0, 0.1) is 23.2 Å². The molecule has 45 heavy (non-hydrogen) atoms. The molecule has 0 spiro atoms. The zero-order valence-corrected chi connectivity index (χ0v) is 26.4. The number of guanidine groups is 1. The van der Waals surface area contributed by atoms with Crippen molar-refractivity contribution in [2.75, 3.05) is 6.54 Å². The van der Waals surface area contributed by atoms with Crippen molar-refractivity contribution >= 4 is 35.5 Å². The van der Waals surface area contributed by atoms with Crippen LogP contribution in [0.4, 0.5) is 0 Å². The molecule has 2 unspecified atom stereocenters. The lowest BCUT2D eigenvalue weighted by Crippen LogP contribution is -2.57. The number of carboxylic acids is 1. The van der Waals surface area contributed by atoms with Crippen LogP contribution in [0.5, 0.6) is 0 Å². The SMILES string of the molecule is CC(=O)O.N=C(N)c1ccc(CC(C(=O)NC(C(=O)N[C@@H](CCCN=C(N)N)C(N)=O)C2CCCCC2)C2CCCCC2)cc1. The van der Waals surface area contributed by atoms with E-state index in [0.717, 1.165) is 70.3 Å².